The van der Waals surface area contributed by atoms with Crippen molar-refractivity contribution in [2.75, 3.05) is 0 Å². The van der Waals surface area contributed by atoms with E-state index in [1.807, 2.05) is 0 Å². The largest absolute Gasteiger partial charge is 0.0616 e. The molecule has 3 aromatic carbocycles. The van der Waals surface area contributed by atoms with Crippen LogP contribution in [0.4, 0.5) is 0 Å². The number of fused-ring (bicyclic) bond motifs is 4. The monoisotopic (exact) mass is 316 g/mol. The van der Waals surface area contributed by atoms with Crippen LogP contribution < -0.4 is 0 Å². The Morgan fingerprint density at radius 1 is 0.458 bits per heavy atom. The molecule has 0 radical (unpaired) electrons. The van der Waals surface area contributed by atoms with E-state index in [1.165, 1.54) is 47.2 Å². The number of benzene rings is 3. The first-order valence-electron chi connectivity index (χ1n) is 9.78. The summed E-state index contributed by atoms with van der Waals surface area (Å²) in [6, 6.07) is 21.4. The molecular formula is C24H28. The van der Waals surface area contributed by atoms with Crippen LogP contribution in [0.5, 0.6) is 0 Å². The van der Waals surface area contributed by atoms with E-state index in [0.717, 1.165) is 11.8 Å². The Balaban J connectivity index is 0.000000129. The molecule has 2 aliphatic rings. The molecule has 0 atom stereocenters. The summed E-state index contributed by atoms with van der Waals surface area (Å²) in [4.78, 5) is 0. The van der Waals surface area contributed by atoms with Gasteiger partial charge in [-0.15, -0.1) is 0 Å². The fourth-order valence-electron chi connectivity index (χ4n) is 4.81. The zero-order valence-corrected chi connectivity index (χ0v) is 14.6. The maximum absolute atomic E-state index is 2.18. The first-order valence-corrected chi connectivity index (χ1v) is 9.78. The summed E-state index contributed by atoms with van der Waals surface area (Å²) in [5.41, 5.74) is 0. The summed E-state index contributed by atoms with van der Waals surface area (Å²) in [5.74, 6) is 2.31. The minimum absolute atomic E-state index is 1.16. The van der Waals surface area contributed by atoms with E-state index in [2.05, 4.69) is 60.7 Å². The van der Waals surface area contributed by atoms with Gasteiger partial charge < -0.3 is 0 Å². The molecule has 24 heavy (non-hydrogen) atoms. The normalized spacial score (nSPS) is 23.3. The third-order valence-electron chi connectivity index (χ3n) is 6.12. The topological polar surface area (TPSA) is 0 Å². The second-order valence-corrected chi connectivity index (χ2v) is 7.60. The highest BCUT2D eigenvalue weighted by Gasteiger charge is 2.26. The summed E-state index contributed by atoms with van der Waals surface area (Å²) in [6.07, 6.45) is 12.4. The molecule has 0 heterocycles. The van der Waals surface area contributed by atoms with Gasteiger partial charge in [0.25, 0.3) is 0 Å². The Morgan fingerprint density at radius 3 is 1.25 bits per heavy atom. The molecule has 0 aromatic heterocycles. The third kappa shape index (κ3) is 3.34. The highest BCUT2D eigenvalue weighted by Crippen LogP contribution is 2.40. The van der Waals surface area contributed by atoms with Crippen molar-refractivity contribution in [2.45, 2.75) is 51.4 Å². The van der Waals surface area contributed by atoms with Crippen LogP contribution in [0.2, 0.25) is 0 Å². The van der Waals surface area contributed by atoms with Crippen molar-refractivity contribution in [2.24, 2.45) is 11.8 Å². The summed E-state index contributed by atoms with van der Waals surface area (Å²) < 4.78 is 0. The molecule has 0 N–H and O–H groups in total. The van der Waals surface area contributed by atoms with Crippen LogP contribution >= 0.6 is 0 Å². The van der Waals surface area contributed by atoms with Gasteiger partial charge in [0, 0.05) is 0 Å². The molecule has 3 aromatic rings. The lowest BCUT2D eigenvalue weighted by Crippen LogP contribution is -2.22. The number of hydrogen-bond donors (Lipinski definition) is 0. The van der Waals surface area contributed by atoms with Crippen LogP contribution in [0.1, 0.15) is 51.4 Å². The molecule has 0 aliphatic heterocycles. The Labute approximate surface area is 145 Å². The van der Waals surface area contributed by atoms with Crippen LogP contribution in [-0.2, 0) is 0 Å². The summed E-state index contributed by atoms with van der Waals surface area (Å²) in [5, 5.41) is 5.30. The van der Waals surface area contributed by atoms with Crippen molar-refractivity contribution in [1.82, 2.24) is 0 Å². The highest BCUT2D eigenvalue weighted by molar-refractivity contribution is 6.07. The molecule has 2 fully saturated rings. The third-order valence-corrected chi connectivity index (χ3v) is 6.12. The van der Waals surface area contributed by atoms with Gasteiger partial charge in [-0.25, -0.2) is 0 Å². The Bertz CT molecular complexity index is 720. The van der Waals surface area contributed by atoms with Gasteiger partial charge in [-0.2, -0.15) is 0 Å². The Hall–Kier alpha value is -1.82. The van der Waals surface area contributed by atoms with Crippen molar-refractivity contribution >= 4 is 21.5 Å². The van der Waals surface area contributed by atoms with Gasteiger partial charge in [0.15, 0.2) is 0 Å². The minimum atomic E-state index is 1.16. The van der Waals surface area contributed by atoms with Crippen LogP contribution in [0, 0.1) is 11.8 Å². The van der Waals surface area contributed by atoms with Gasteiger partial charge in [-0.3, -0.25) is 0 Å². The minimum Gasteiger partial charge on any atom is -0.0616 e. The van der Waals surface area contributed by atoms with Gasteiger partial charge in [-0.1, -0.05) is 112 Å². The molecular weight excluding hydrogens is 288 g/mol. The van der Waals surface area contributed by atoms with Crippen molar-refractivity contribution in [3.63, 3.8) is 0 Å². The fraction of sp³-hybridized carbons (Fsp3) is 0.417. The van der Waals surface area contributed by atoms with Crippen LogP contribution in [-0.4, -0.2) is 0 Å². The highest BCUT2D eigenvalue weighted by atomic mass is 14.3. The van der Waals surface area contributed by atoms with Crippen molar-refractivity contribution in [1.29, 1.82) is 0 Å². The molecule has 2 saturated carbocycles. The Morgan fingerprint density at radius 2 is 0.833 bits per heavy atom. The second kappa shape index (κ2) is 7.38. The van der Waals surface area contributed by atoms with E-state index < -0.39 is 0 Å². The van der Waals surface area contributed by atoms with Crippen molar-refractivity contribution in [3.8, 4) is 0 Å². The first-order chi connectivity index (χ1) is 11.9. The molecule has 0 nitrogen and oxygen atoms in total. The Kier molecular flexibility index (Phi) is 4.83. The smallest absolute Gasteiger partial charge is 0.0105 e. The molecule has 0 saturated heterocycles. The molecule has 0 unspecified atom stereocenters. The zero-order valence-electron chi connectivity index (χ0n) is 14.6. The van der Waals surface area contributed by atoms with E-state index in [-0.39, 0.29) is 0 Å². The van der Waals surface area contributed by atoms with Crippen LogP contribution in [0.3, 0.4) is 0 Å². The molecule has 0 spiro atoms. The second-order valence-electron chi connectivity index (χ2n) is 7.60. The standard InChI is InChI=1S/C14H10.C10H18/c1-3-7-13-11(5-1)9-10-12-6-2-4-8-14(12)13;1-2-6-10-8-4-3-7-9(10)5-1/h1-10H;9-10H,1-8H2. The summed E-state index contributed by atoms with van der Waals surface area (Å²) >= 11 is 0. The molecule has 0 amide bonds. The van der Waals surface area contributed by atoms with Gasteiger partial charge in [-0.05, 0) is 33.4 Å². The summed E-state index contributed by atoms with van der Waals surface area (Å²) in [7, 11) is 0. The SMILES string of the molecule is C1CCC2CCCCC2C1.c1ccc2c(c1)ccc1ccccc12. The quantitative estimate of drug-likeness (QED) is 0.380. The van der Waals surface area contributed by atoms with E-state index in [1.54, 1.807) is 25.7 Å². The predicted molar refractivity (Wildman–Crippen MR) is 105 cm³/mol. The molecule has 0 heteroatoms. The van der Waals surface area contributed by atoms with Crippen LogP contribution in [0.25, 0.3) is 21.5 Å². The summed E-state index contributed by atoms with van der Waals surface area (Å²) in [6.45, 7) is 0. The van der Waals surface area contributed by atoms with Crippen molar-refractivity contribution in [3.05, 3.63) is 60.7 Å². The first kappa shape index (κ1) is 15.7. The number of hydrogen-bond acceptors (Lipinski definition) is 0. The number of rotatable bonds is 0. The zero-order chi connectivity index (χ0) is 16.2. The molecule has 0 bridgehead atoms. The fourth-order valence-corrected chi connectivity index (χ4v) is 4.81. The van der Waals surface area contributed by atoms with Gasteiger partial charge >= 0.3 is 0 Å². The van der Waals surface area contributed by atoms with E-state index in [0.29, 0.717) is 0 Å². The average Bonchev–Trinajstić information content (AvgIpc) is 2.68. The predicted octanol–water partition coefficient (Wildman–Crippen LogP) is 7.36. The molecule has 2 aliphatic carbocycles. The molecule has 5 rings (SSSR count). The van der Waals surface area contributed by atoms with Crippen LogP contribution in [0.15, 0.2) is 60.7 Å². The van der Waals surface area contributed by atoms with E-state index >= 15 is 0 Å². The van der Waals surface area contributed by atoms with Gasteiger partial charge in [0.1, 0.15) is 0 Å². The maximum atomic E-state index is 2.18. The molecule has 124 valence electrons. The maximum Gasteiger partial charge on any atom is -0.0105 e. The van der Waals surface area contributed by atoms with E-state index in [9.17, 15) is 0 Å². The van der Waals surface area contributed by atoms with Crippen molar-refractivity contribution < 1.29 is 0 Å². The van der Waals surface area contributed by atoms with Gasteiger partial charge in [0.2, 0.25) is 0 Å². The average molecular weight is 316 g/mol. The van der Waals surface area contributed by atoms with Gasteiger partial charge in [0.05, 0.1) is 0 Å². The lowest BCUT2D eigenvalue weighted by Gasteiger charge is -2.35. The van der Waals surface area contributed by atoms with E-state index in [4.69, 9.17) is 0 Å². The lowest BCUT2D eigenvalue weighted by atomic mass is 9.71. The lowest BCUT2D eigenvalue weighted by molar-refractivity contribution is 0.171.